The maximum absolute atomic E-state index is 6.69. The smallest absolute Gasteiger partial charge is 0.246 e. The molecular weight excluding hydrogens is 775 g/mol. The number of nitrogens with zero attached hydrogens (tertiary/aromatic N) is 8. The molecule has 1 aliphatic heterocycles. The van der Waals surface area contributed by atoms with Gasteiger partial charge < -0.3 is 18.6 Å². The number of aromatic nitrogens is 7. The van der Waals surface area contributed by atoms with E-state index in [4.69, 9.17) is 33.8 Å². The lowest BCUT2D eigenvalue weighted by atomic mass is 10.1. The minimum atomic E-state index is -1.89. The van der Waals surface area contributed by atoms with Crippen LogP contribution in [0.15, 0.2) is 25.0 Å². The summed E-state index contributed by atoms with van der Waals surface area (Å²) >= 11 is 2.38. The first-order valence-corrected chi connectivity index (χ1v) is 22.2. The monoisotopic (exact) mass is 832 g/mol. The van der Waals surface area contributed by atoms with E-state index in [9.17, 15) is 0 Å². The number of ether oxygens (including phenoxy) is 3. The summed E-state index contributed by atoms with van der Waals surface area (Å²) in [6.45, 7) is 27.9. The van der Waals surface area contributed by atoms with Crippen LogP contribution in [0.4, 0.5) is 0 Å². The predicted octanol–water partition coefficient (Wildman–Crippen LogP) is 8.07. The third-order valence-corrected chi connectivity index (χ3v) is 15.7. The second kappa shape index (κ2) is 16.5. The number of hydrogen-bond donors (Lipinski definition) is 0. The van der Waals surface area contributed by atoms with E-state index in [2.05, 4.69) is 105 Å². The zero-order valence-corrected chi connectivity index (χ0v) is 35.4. The fraction of sp³-hybridized carbons (Fsp3) is 0.622. The molecule has 280 valence electrons. The van der Waals surface area contributed by atoms with Gasteiger partial charge in [0.25, 0.3) is 0 Å². The fourth-order valence-corrected chi connectivity index (χ4v) is 7.81. The second-order valence-electron chi connectivity index (χ2n) is 15.2. The Balaban J connectivity index is 1.34. The van der Waals surface area contributed by atoms with Gasteiger partial charge in [-0.3, -0.25) is 14.6 Å². The van der Waals surface area contributed by atoms with Crippen molar-refractivity contribution in [3.8, 4) is 23.0 Å². The molecule has 0 aliphatic carbocycles. The van der Waals surface area contributed by atoms with Crippen LogP contribution in [0, 0.1) is 3.57 Å². The SMILES string of the molecule is C=Cc1nn(C2CCCCO2)c2cnc(-c3cnn(C)c3O[C@@H](C)CN(Cc3c(I)c(OCC)nn3CCO[Si](C)(C)C(C)(C)C)C(C)C)cc12. The van der Waals surface area contributed by atoms with Gasteiger partial charge in [0.1, 0.15) is 6.10 Å². The lowest BCUT2D eigenvalue weighted by Gasteiger charge is -2.36. The maximum atomic E-state index is 6.69. The van der Waals surface area contributed by atoms with Gasteiger partial charge in [-0.25, -0.2) is 9.36 Å². The van der Waals surface area contributed by atoms with Crippen molar-refractivity contribution in [1.82, 2.24) is 39.2 Å². The summed E-state index contributed by atoms with van der Waals surface area (Å²) in [6.07, 6.45) is 8.38. The van der Waals surface area contributed by atoms with Crippen LogP contribution in [-0.2, 0) is 29.3 Å². The Kier molecular flexibility index (Phi) is 12.7. The van der Waals surface area contributed by atoms with Gasteiger partial charge in [0.05, 0.1) is 63.9 Å². The Hall–Kier alpha value is -2.79. The maximum Gasteiger partial charge on any atom is 0.246 e. The Morgan fingerprint density at radius 1 is 1.18 bits per heavy atom. The number of halogens is 1. The van der Waals surface area contributed by atoms with Crippen molar-refractivity contribution < 1.29 is 18.6 Å². The third-order valence-electron chi connectivity index (χ3n) is 10.1. The van der Waals surface area contributed by atoms with E-state index >= 15 is 0 Å². The van der Waals surface area contributed by atoms with Crippen LogP contribution in [0.3, 0.4) is 0 Å². The number of fused-ring (bicyclic) bond motifs is 1. The molecule has 0 aromatic carbocycles. The Bertz CT molecular complexity index is 1790. The van der Waals surface area contributed by atoms with Gasteiger partial charge in [-0.15, -0.1) is 5.10 Å². The number of rotatable bonds is 16. The van der Waals surface area contributed by atoms with Crippen molar-refractivity contribution in [3.05, 3.63) is 40.0 Å². The summed E-state index contributed by atoms with van der Waals surface area (Å²) in [7, 11) is 0.0163. The van der Waals surface area contributed by atoms with Gasteiger partial charge in [-0.2, -0.15) is 10.2 Å². The average Bonchev–Trinajstić information content (AvgIpc) is 3.73. The normalized spacial score (nSPS) is 16.4. The minimum absolute atomic E-state index is 0.0899. The summed E-state index contributed by atoms with van der Waals surface area (Å²) in [5.74, 6) is 1.34. The quantitative estimate of drug-likeness (QED) is 0.0819. The second-order valence-corrected chi connectivity index (χ2v) is 21.1. The number of hydrogen-bond acceptors (Lipinski definition) is 9. The molecule has 51 heavy (non-hydrogen) atoms. The Morgan fingerprint density at radius 2 is 1.94 bits per heavy atom. The first-order valence-electron chi connectivity index (χ1n) is 18.2. The molecular formula is C37H57IN8O4Si. The van der Waals surface area contributed by atoms with E-state index in [1.165, 1.54) is 0 Å². The van der Waals surface area contributed by atoms with Crippen LogP contribution < -0.4 is 9.47 Å². The Labute approximate surface area is 318 Å². The first-order chi connectivity index (χ1) is 24.1. The van der Waals surface area contributed by atoms with Gasteiger partial charge >= 0.3 is 0 Å². The molecule has 0 spiro atoms. The van der Waals surface area contributed by atoms with E-state index in [1.807, 2.05) is 31.0 Å². The van der Waals surface area contributed by atoms with E-state index in [0.717, 1.165) is 63.0 Å². The molecule has 1 aliphatic rings. The van der Waals surface area contributed by atoms with Crippen molar-refractivity contribution in [3.63, 3.8) is 0 Å². The molecule has 0 amide bonds. The molecule has 0 saturated carbocycles. The molecule has 4 aromatic heterocycles. The lowest BCUT2D eigenvalue weighted by molar-refractivity contribution is -0.0367. The average molecular weight is 833 g/mol. The summed E-state index contributed by atoms with van der Waals surface area (Å²) in [5, 5.41) is 15.4. The van der Waals surface area contributed by atoms with E-state index in [1.54, 1.807) is 10.8 Å². The largest absolute Gasteiger partial charge is 0.476 e. The zero-order chi connectivity index (χ0) is 37.1. The summed E-state index contributed by atoms with van der Waals surface area (Å²) in [6, 6.07) is 2.31. The topological polar surface area (TPSA) is 107 Å². The molecule has 14 heteroatoms. The minimum Gasteiger partial charge on any atom is -0.476 e. The summed E-state index contributed by atoms with van der Waals surface area (Å²) < 4.78 is 32.1. The number of pyridine rings is 1. The van der Waals surface area contributed by atoms with Crippen LogP contribution in [0.5, 0.6) is 11.8 Å². The number of aryl methyl sites for hydroxylation is 1. The molecule has 12 nitrogen and oxygen atoms in total. The fourth-order valence-electron chi connectivity index (χ4n) is 6.06. The van der Waals surface area contributed by atoms with Crippen LogP contribution in [0.2, 0.25) is 18.1 Å². The highest BCUT2D eigenvalue weighted by atomic mass is 127. The predicted molar refractivity (Wildman–Crippen MR) is 214 cm³/mol. The zero-order valence-electron chi connectivity index (χ0n) is 32.2. The van der Waals surface area contributed by atoms with Gasteiger partial charge in [-0.05, 0) is 99.8 Å². The molecule has 2 atom stereocenters. The van der Waals surface area contributed by atoms with Crippen molar-refractivity contribution >= 4 is 47.9 Å². The van der Waals surface area contributed by atoms with Crippen molar-refractivity contribution in [2.45, 2.75) is 117 Å². The molecule has 0 radical (unpaired) electrons. The third kappa shape index (κ3) is 8.88. The van der Waals surface area contributed by atoms with Crippen LogP contribution in [-0.4, -0.2) is 86.1 Å². The molecule has 1 fully saturated rings. The first kappa shape index (κ1) is 39.4. The van der Waals surface area contributed by atoms with Gasteiger partial charge in [0.2, 0.25) is 11.8 Å². The van der Waals surface area contributed by atoms with E-state index in [-0.39, 0.29) is 23.4 Å². The van der Waals surface area contributed by atoms with Crippen LogP contribution >= 0.6 is 22.6 Å². The molecule has 0 bridgehead atoms. The Morgan fingerprint density at radius 3 is 2.59 bits per heavy atom. The standard InChI is InChI=1S/C37H57IN8O4Si/c1-12-29-27-20-30(39-22-31(27)46(41-29)33-16-14-15-18-48-33)28-21-40-43(9)36(28)50-26(5)23-44(25(3)4)24-32-34(38)35(47-13-2)42-45(32)17-19-49-51(10,11)37(6,7)8/h12,20-22,25-26,33H,1,13-19,23-24H2,2-11H3/t26-,33?/m0/s1. The lowest BCUT2D eigenvalue weighted by Crippen LogP contribution is -2.41. The van der Waals surface area contributed by atoms with Crippen LogP contribution in [0.25, 0.3) is 28.2 Å². The highest BCUT2D eigenvalue weighted by Crippen LogP contribution is 2.37. The van der Waals surface area contributed by atoms with Crippen LogP contribution in [0.1, 0.15) is 85.3 Å². The van der Waals surface area contributed by atoms with Gasteiger partial charge in [0, 0.05) is 38.2 Å². The van der Waals surface area contributed by atoms with Crippen molar-refractivity contribution in [2.24, 2.45) is 7.05 Å². The van der Waals surface area contributed by atoms with E-state index < -0.39 is 8.32 Å². The molecule has 4 aromatic rings. The molecule has 5 rings (SSSR count). The van der Waals surface area contributed by atoms with Gasteiger partial charge in [0.15, 0.2) is 14.5 Å². The molecule has 5 heterocycles. The summed E-state index contributed by atoms with van der Waals surface area (Å²) in [5.41, 5.74) is 4.46. The van der Waals surface area contributed by atoms with Crippen molar-refractivity contribution in [1.29, 1.82) is 0 Å². The molecule has 1 saturated heterocycles. The highest BCUT2D eigenvalue weighted by molar-refractivity contribution is 14.1. The van der Waals surface area contributed by atoms with Crippen molar-refractivity contribution in [2.75, 3.05) is 26.4 Å². The molecule has 1 unspecified atom stereocenters. The van der Waals surface area contributed by atoms with E-state index in [0.29, 0.717) is 44.6 Å². The molecule has 0 N–H and O–H groups in total. The van der Waals surface area contributed by atoms with Gasteiger partial charge in [-0.1, -0.05) is 27.4 Å². The highest BCUT2D eigenvalue weighted by Gasteiger charge is 2.37. The summed E-state index contributed by atoms with van der Waals surface area (Å²) in [4.78, 5) is 7.29.